The molecular formula is C15H22Cl2N2. The van der Waals surface area contributed by atoms with Crippen LogP contribution in [0.25, 0.3) is 0 Å². The lowest BCUT2D eigenvalue weighted by atomic mass is 10.2. The second-order valence-electron chi connectivity index (χ2n) is 4.35. The Bertz CT molecular complexity index is 363. The van der Waals surface area contributed by atoms with Crippen LogP contribution < -0.4 is 4.90 Å². The van der Waals surface area contributed by atoms with E-state index in [1.807, 2.05) is 18.2 Å². The van der Waals surface area contributed by atoms with Crippen molar-refractivity contribution in [1.82, 2.24) is 4.90 Å². The molecule has 1 heterocycles. The number of nitrogens with zero attached hydrogens (tertiary/aromatic N) is 2. The second kappa shape index (κ2) is 9.24. The van der Waals surface area contributed by atoms with Crippen LogP contribution in [0.15, 0.2) is 37.4 Å². The summed E-state index contributed by atoms with van der Waals surface area (Å²) in [7, 11) is 0. The highest BCUT2D eigenvalue weighted by molar-refractivity contribution is 6.30. The lowest BCUT2D eigenvalue weighted by Crippen LogP contribution is -2.46. The highest BCUT2D eigenvalue weighted by Crippen LogP contribution is 2.20. The van der Waals surface area contributed by atoms with Gasteiger partial charge in [0, 0.05) is 42.8 Å². The quantitative estimate of drug-likeness (QED) is 0.615. The Labute approximate surface area is 126 Å². The number of rotatable bonds is 4. The molecule has 0 atom stereocenters. The first-order valence-electron chi connectivity index (χ1n) is 6.58. The Morgan fingerprint density at radius 3 is 2.37 bits per heavy atom. The highest BCUT2D eigenvalue weighted by Gasteiger charge is 2.16. The third kappa shape index (κ3) is 5.43. The van der Waals surface area contributed by atoms with Crippen LogP contribution in [-0.4, -0.2) is 43.5 Å². The predicted octanol–water partition coefficient (Wildman–Crippen LogP) is 3.89. The van der Waals surface area contributed by atoms with Crippen LogP contribution in [0.5, 0.6) is 0 Å². The van der Waals surface area contributed by atoms with Crippen LogP contribution in [0.1, 0.15) is 6.42 Å². The number of alkyl halides is 1. The molecule has 1 aliphatic rings. The zero-order valence-electron chi connectivity index (χ0n) is 11.3. The molecule has 1 aromatic carbocycles. The maximum absolute atomic E-state index is 6.01. The van der Waals surface area contributed by atoms with Gasteiger partial charge in [-0.05, 0) is 31.2 Å². The Morgan fingerprint density at radius 2 is 1.79 bits per heavy atom. The highest BCUT2D eigenvalue weighted by atomic mass is 35.5. The molecule has 106 valence electrons. The van der Waals surface area contributed by atoms with Gasteiger partial charge < -0.3 is 4.90 Å². The van der Waals surface area contributed by atoms with Gasteiger partial charge in [0.15, 0.2) is 0 Å². The smallest absolute Gasteiger partial charge is 0.0426 e. The molecule has 1 saturated heterocycles. The van der Waals surface area contributed by atoms with Crippen LogP contribution >= 0.6 is 23.2 Å². The van der Waals surface area contributed by atoms with Crippen molar-refractivity contribution < 1.29 is 0 Å². The molecule has 4 heteroatoms. The lowest BCUT2D eigenvalue weighted by molar-refractivity contribution is 0.259. The van der Waals surface area contributed by atoms with Gasteiger partial charge in [0.2, 0.25) is 0 Å². The first kappa shape index (κ1) is 16.4. The fourth-order valence-corrected chi connectivity index (χ4v) is 2.49. The summed E-state index contributed by atoms with van der Waals surface area (Å²) in [5, 5.41) is 0.812. The van der Waals surface area contributed by atoms with Gasteiger partial charge in [0.1, 0.15) is 0 Å². The Kier molecular flexibility index (Phi) is 7.96. The molecule has 0 saturated carbocycles. The third-order valence-electron chi connectivity index (χ3n) is 3.15. The van der Waals surface area contributed by atoms with E-state index in [1.54, 1.807) is 0 Å². The molecule has 0 unspecified atom stereocenters. The van der Waals surface area contributed by atoms with Gasteiger partial charge in [-0.1, -0.05) is 17.7 Å². The molecular weight excluding hydrogens is 279 g/mol. The van der Waals surface area contributed by atoms with E-state index in [-0.39, 0.29) is 0 Å². The molecule has 1 aliphatic heterocycles. The Balaban J connectivity index is 0.000000861. The molecule has 0 bridgehead atoms. The van der Waals surface area contributed by atoms with Crippen LogP contribution in [-0.2, 0) is 0 Å². The SMILES string of the molecule is C=C.ClCCCN1CCN(c2cccc(Cl)c2)CC1. The number of hydrogen-bond donors (Lipinski definition) is 0. The van der Waals surface area contributed by atoms with Crippen molar-refractivity contribution in [3.8, 4) is 0 Å². The number of halogens is 2. The van der Waals surface area contributed by atoms with Crippen molar-refractivity contribution in [3.05, 3.63) is 42.4 Å². The second-order valence-corrected chi connectivity index (χ2v) is 5.17. The fourth-order valence-electron chi connectivity index (χ4n) is 2.19. The summed E-state index contributed by atoms with van der Waals surface area (Å²) in [6.07, 6.45) is 1.08. The zero-order valence-corrected chi connectivity index (χ0v) is 12.8. The van der Waals surface area contributed by atoms with Crippen molar-refractivity contribution in [1.29, 1.82) is 0 Å². The average molecular weight is 301 g/mol. The van der Waals surface area contributed by atoms with Crippen molar-refractivity contribution >= 4 is 28.9 Å². The van der Waals surface area contributed by atoms with Crippen LogP contribution in [0, 0.1) is 0 Å². The normalized spacial score (nSPS) is 15.8. The standard InChI is InChI=1S/C13H18Cl2N2.C2H4/c14-5-2-6-16-7-9-17(10-8-16)13-4-1-3-12(15)11-13;1-2/h1,3-4,11H,2,5-10H2;1-2H2. The Hall–Kier alpha value is -0.700. The number of hydrogen-bond acceptors (Lipinski definition) is 2. The summed E-state index contributed by atoms with van der Waals surface area (Å²) < 4.78 is 0. The van der Waals surface area contributed by atoms with E-state index in [2.05, 4.69) is 29.0 Å². The van der Waals surface area contributed by atoms with Crippen molar-refractivity contribution in [3.63, 3.8) is 0 Å². The summed E-state index contributed by atoms with van der Waals surface area (Å²) in [6.45, 7) is 11.5. The average Bonchev–Trinajstić information content (AvgIpc) is 2.48. The van der Waals surface area contributed by atoms with E-state index in [4.69, 9.17) is 23.2 Å². The zero-order chi connectivity index (χ0) is 14.1. The van der Waals surface area contributed by atoms with E-state index in [1.165, 1.54) is 5.69 Å². The summed E-state index contributed by atoms with van der Waals surface area (Å²) in [5.41, 5.74) is 1.23. The summed E-state index contributed by atoms with van der Waals surface area (Å²) in [5.74, 6) is 0.758. The topological polar surface area (TPSA) is 6.48 Å². The fraction of sp³-hybridized carbons (Fsp3) is 0.467. The van der Waals surface area contributed by atoms with Gasteiger partial charge in [0.05, 0.1) is 0 Å². The van der Waals surface area contributed by atoms with Gasteiger partial charge in [-0.15, -0.1) is 24.8 Å². The maximum Gasteiger partial charge on any atom is 0.0426 e. The van der Waals surface area contributed by atoms with E-state index < -0.39 is 0 Å². The van der Waals surface area contributed by atoms with Gasteiger partial charge in [0.25, 0.3) is 0 Å². The van der Waals surface area contributed by atoms with Crippen LogP contribution in [0.4, 0.5) is 5.69 Å². The number of benzene rings is 1. The minimum Gasteiger partial charge on any atom is -0.369 e. The van der Waals surface area contributed by atoms with Crippen molar-refractivity contribution in [2.24, 2.45) is 0 Å². The van der Waals surface area contributed by atoms with Gasteiger partial charge in [-0.2, -0.15) is 0 Å². The van der Waals surface area contributed by atoms with Gasteiger partial charge in [-0.3, -0.25) is 4.90 Å². The Morgan fingerprint density at radius 1 is 1.11 bits per heavy atom. The first-order chi connectivity index (χ1) is 9.29. The number of piperazine rings is 1. The molecule has 0 amide bonds. The van der Waals surface area contributed by atoms with E-state index in [0.717, 1.165) is 50.0 Å². The molecule has 0 radical (unpaired) electrons. The van der Waals surface area contributed by atoms with E-state index in [9.17, 15) is 0 Å². The molecule has 0 aliphatic carbocycles. The third-order valence-corrected chi connectivity index (χ3v) is 3.66. The van der Waals surface area contributed by atoms with E-state index in [0.29, 0.717) is 0 Å². The molecule has 0 spiro atoms. The van der Waals surface area contributed by atoms with Gasteiger partial charge in [-0.25, -0.2) is 0 Å². The first-order valence-corrected chi connectivity index (χ1v) is 7.49. The van der Waals surface area contributed by atoms with Crippen molar-refractivity contribution in [2.75, 3.05) is 43.5 Å². The van der Waals surface area contributed by atoms with Gasteiger partial charge >= 0.3 is 0 Å². The summed E-state index contributed by atoms with van der Waals surface area (Å²) in [6, 6.07) is 8.09. The van der Waals surface area contributed by atoms with Crippen LogP contribution in [0.2, 0.25) is 5.02 Å². The molecule has 0 N–H and O–H groups in total. The largest absolute Gasteiger partial charge is 0.369 e. The minimum atomic E-state index is 0.758. The lowest BCUT2D eigenvalue weighted by Gasteiger charge is -2.36. The summed E-state index contributed by atoms with van der Waals surface area (Å²) in [4.78, 5) is 4.87. The molecule has 1 fully saturated rings. The summed E-state index contributed by atoms with van der Waals surface area (Å²) >= 11 is 11.7. The van der Waals surface area contributed by atoms with E-state index >= 15 is 0 Å². The molecule has 2 nitrogen and oxygen atoms in total. The van der Waals surface area contributed by atoms with Crippen molar-refractivity contribution in [2.45, 2.75) is 6.42 Å². The van der Waals surface area contributed by atoms with Crippen LogP contribution in [0.3, 0.4) is 0 Å². The maximum atomic E-state index is 6.01. The molecule has 1 aromatic rings. The molecule has 0 aromatic heterocycles. The molecule has 19 heavy (non-hydrogen) atoms. The predicted molar refractivity (Wildman–Crippen MR) is 86.7 cm³/mol. The number of anilines is 1. The monoisotopic (exact) mass is 300 g/mol. The molecule has 2 rings (SSSR count). The minimum absolute atomic E-state index is 0.758.